The lowest BCUT2D eigenvalue weighted by atomic mass is 10.1. The predicted molar refractivity (Wildman–Crippen MR) is 118 cm³/mol. The third-order valence-corrected chi connectivity index (χ3v) is 5.00. The van der Waals surface area contributed by atoms with Gasteiger partial charge in [0.2, 0.25) is 0 Å². The van der Waals surface area contributed by atoms with E-state index in [9.17, 15) is 4.79 Å². The van der Waals surface area contributed by atoms with Gasteiger partial charge in [0.1, 0.15) is 5.75 Å². The number of aryl methyl sites for hydroxylation is 1. The van der Waals surface area contributed by atoms with E-state index in [-0.39, 0.29) is 5.91 Å². The summed E-state index contributed by atoms with van der Waals surface area (Å²) in [4.78, 5) is 21.5. The van der Waals surface area contributed by atoms with Crippen molar-refractivity contribution in [3.63, 3.8) is 0 Å². The number of carbonyl (C=O) groups excluding carboxylic acids is 1. The van der Waals surface area contributed by atoms with E-state index in [1.165, 1.54) is 0 Å². The van der Waals surface area contributed by atoms with E-state index in [0.29, 0.717) is 12.3 Å². The Morgan fingerprint density at radius 3 is 2.43 bits per heavy atom. The molecule has 0 fully saturated rings. The van der Waals surface area contributed by atoms with Crippen LogP contribution in [0.15, 0.2) is 79.0 Å². The average molecular weight is 397 g/mol. The van der Waals surface area contributed by atoms with Crippen LogP contribution in [0, 0.1) is 6.92 Å². The molecule has 4 aromatic rings. The van der Waals surface area contributed by atoms with Crippen molar-refractivity contribution in [1.29, 1.82) is 0 Å². The molecule has 0 saturated heterocycles. The summed E-state index contributed by atoms with van der Waals surface area (Å²) in [5, 5.41) is 2.93. The molecule has 30 heavy (non-hydrogen) atoms. The first kappa shape index (κ1) is 19.6. The number of ether oxygens (including phenoxy) is 1. The number of nitrogens with zero attached hydrogens (tertiary/aromatic N) is 2. The van der Waals surface area contributed by atoms with Crippen molar-refractivity contribution in [3.05, 3.63) is 90.1 Å². The number of fused-ring (bicyclic) bond motifs is 1. The van der Waals surface area contributed by atoms with Crippen LogP contribution in [0.2, 0.25) is 0 Å². The van der Waals surface area contributed by atoms with Crippen LogP contribution in [0.4, 0.5) is 0 Å². The maximum Gasteiger partial charge on any atom is 0.261 e. The van der Waals surface area contributed by atoms with Gasteiger partial charge < -0.3 is 10.1 Å². The van der Waals surface area contributed by atoms with Gasteiger partial charge in [0.15, 0.2) is 6.10 Å². The predicted octanol–water partition coefficient (Wildman–Crippen LogP) is 4.69. The molecule has 0 spiro atoms. The van der Waals surface area contributed by atoms with Crippen LogP contribution >= 0.6 is 0 Å². The summed E-state index contributed by atoms with van der Waals surface area (Å²) in [7, 11) is 0. The molecule has 1 amide bonds. The van der Waals surface area contributed by atoms with Gasteiger partial charge in [0.25, 0.3) is 5.91 Å². The van der Waals surface area contributed by atoms with Gasteiger partial charge in [-0.15, -0.1) is 0 Å². The van der Waals surface area contributed by atoms with Gasteiger partial charge in [-0.2, -0.15) is 0 Å². The van der Waals surface area contributed by atoms with Crippen molar-refractivity contribution in [1.82, 2.24) is 15.3 Å². The fourth-order valence-electron chi connectivity index (χ4n) is 3.19. The third-order valence-electron chi connectivity index (χ3n) is 5.00. The number of hydrogen-bond donors (Lipinski definition) is 1. The van der Waals surface area contributed by atoms with Crippen LogP contribution in [-0.2, 0) is 11.3 Å². The van der Waals surface area contributed by atoms with Crippen LogP contribution in [0.1, 0.15) is 18.1 Å². The zero-order chi connectivity index (χ0) is 20.9. The van der Waals surface area contributed by atoms with E-state index >= 15 is 0 Å². The molecule has 1 aromatic heterocycles. The van der Waals surface area contributed by atoms with Crippen molar-refractivity contribution in [2.75, 3.05) is 0 Å². The molecule has 1 heterocycles. The zero-order valence-corrected chi connectivity index (χ0v) is 17.0. The maximum absolute atomic E-state index is 12.4. The van der Waals surface area contributed by atoms with Gasteiger partial charge >= 0.3 is 0 Å². The molecule has 1 atom stereocenters. The summed E-state index contributed by atoms with van der Waals surface area (Å²) in [6, 6.07) is 23.3. The van der Waals surface area contributed by atoms with Gasteiger partial charge in [-0.05, 0) is 61.4 Å². The summed E-state index contributed by atoms with van der Waals surface area (Å²) in [6.45, 7) is 4.26. The lowest BCUT2D eigenvalue weighted by Crippen LogP contribution is -2.36. The summed E-state index contributed by atoms with van der Waals surface area (Å²) in [5.74, 6) is 0.480. The van der Waals surface area contributed by atoms with E-state index in [2.05, 4.69) is 15.3 Å². The number of amides is 1. The zero-order valence-electron chi connectivity index (χ0n) is 17.0. The first-order chi connectivity index (χ1) is 14.6. The SMILES string of the molecule is Cc1ccccc1CNC(=O)C(C)Oc1ccc(-c2cnc3ccccc3n2)cc1. The molecule has 150 valence electrons. The molecule has 0 aliphatic heterocycles. The van der Waals surface area contributed by atoms with Crippen molar-refractivity contribution in [2.24, 2.45) is 0 Å². The summed E-state index contributed by atoms with van der Waals surface area (Å²) in [5.41, 5.74) is 5.71. The summed E-state index contributed by atoms with van der Waals surface area (Å²) in [6.07, 6.45) is 1.17. The van der Waals surface area contributed by atoms with Gasteiger partial charge in [-0.3, -0.25) is 9.78 Å². The Kier molecular flexibility index (Phi) is 5.70. The summed E-state index contributed by atoms with van der Waals surface area (Å²) < 4.78 is 5.81. The fraction of sp³-hybridized carbons (Fsp3) is 0.160. The molecule has 1 N–H and O–H groups in total. The second-order valence-corrected chi connectivity index (χ2v) is 7.17. The van der Waals surface area contributed by atoms with Crippen molar-refractivity contribution < 1.29 is 9.53 Å². The standard InChI is InChI=1S/C25H23N3O2/c1-17-7-3-4-8-20(17)15-27-25(29)18(2)30-21-13-11-19(12-14-21)24-16-26-22-9-5-6-10-23(22)28-24/h3-14,16,18H,15H2,1-2H3,(H,27,29). The van der Waals surface area contributed by atoms with E-state index in [4.69, 9.17) is 4.74 Å². The first-order valence-corrected chi connectivity index (χ1v) is 9.91. The van der Waals surface area contributed by atoms with E-state index < -0.39 is 6.10 Å². The number of hydrogen-bond acceptors (Lipinski definition) is 4. The van der Waals surface area contributed by atoms with Crippen molar-refractivity contribution in [2.45, 2.75) is 26.5 Å². The highest BCUT2D eigenvalue weighted by molar-refractivity contribution is 5.80. The van der Waals surface area contributed by atoms with Crippen LogP contribution < -0.4 is 10.1 Å². The second-order valence-electron chi connectivity index (χ2n) is 7.17. The minimum atomic E-state index is -0.597. The number of aromatic nitrogens is 2. The Morgan fingerprint density at radius 2 is 1.67 bits per heavy atom. The topological polar surface area (TPSA) is 64.1 Å². The molecule has 1 unspecified atom stereocenters. The monoisotopic (exact) mass is 397 g/mol. The van der Waals surface area contributed by atoms with Crippen LogP contribution in [0.5, 0.6) is 5.75 Å². The Morgan fingerprint density at radius 1 is 0.967 bits per heavy atom. The molecule has 4 rings (SSSR count). The molecular weight excluding hydrogens is 374 g/mol. The fourth-order valence-corrected chi connectivity index (χ4v) is 3.19. The Bertz CT molecular complexity index is 1170. The minimum absolute atomic E-state index is 0.150. The Balaban J connectivity index is 1.38. The number of para-hydroxylation sites is 2. The maximum atomic E-state index is 12.4. The van der Waals surface area contributed by atoms with Gasteiger partial charge in [-0.25, -0.2) is 4.98 Å². The quantitative estimate of drug-likeness (QED) is 0.513. The molecule has 0 saturated carbocycles. The highest BCUT2D eigenvalue weighted by Crippen LogP contribution is 2.22. The third kappa shape index (κ3) is 4.46. The van der Waals surface area contributed by atoms with Crippen LogP contribution in [0.3, 0.4) is 0 Å². The molecule has 0 aliphatic carbocycles. The molecule has 5 heteroatoms. The molecule has 5 nitrogen and oxygen atoms in total. The number of carbonyl (C=O) groups is 1. The van der Waals surface area contributed by atoms with E-state index in [0.717, 1.165) is 33.4 Å². The van der Waals surface area contributed by atoms with Gasteiger partial charge in [0.05, 0.1) is 22.9 Å². The minimum Gasteiger partial charge on any atom is -0.481 e. The molecule has 0 radical (unpaired) electrons. The Hall–Kier alpha value is -3.73. The smallest absolute Gasteiger partial charge is 0.261 e. The largest absolute Gasteiger partial charge is 0.481 e. The number of rotatable bonds is 6. The van der Waals surface area contributed by atoms with Gasteiger partial charge in [-0.1, -0.05) is 36.4 Å². The highest BCUT2D eigenvalue weighted by atomic mass is 16.5. The second kappa shape index (κ2) is 8.74. The highest BCUT2D eigenvalue weighted by Gasteiger charge is 2.15. The first-order valence-electron chi connectivity index (χ1n) is 9.91. The lowest BCUT2D eigenvalue weighted by Gasteiger charge is -2.15. The van der Waals surface area contributed by atoms with E-state index in [1.807, 2.05) is 79.7 Å². The molecular formula is C25H23N3O2. The van der Waals surface area contributed by atoms with Crippen LogP contribution in [-0.4, -0.2) is 22.0 Å². The lowest BCUT2D eigenvalue weighted by molar-refractivity contribution is -0.127. The normalized spacial score (nSPS) is 11.8. The van der Waals surface area contributed by atoms with Crippen molar-refractivity contribution in [3.8, 4) is 17.0 Å². The van der Waals surface area contributed by atoms with Gasteiger partial charge in [0, 0.05) is 12.1 Å². The van der Waals surface area contributed by atoms with Crippen molar-refractivity contribution >= 4 is 16.9 Å². The Labute approximate surface area is 175 Å². The summed E-state index contributed by atoms with van der Waals surface area (Å²) >= 11 is 0. The number of benzene rings is 3. The molecule has 0 aliphatic rings. The van der Waals surface area contributed by atoms with E-state index in [1.54, 1.807) is 13.1 Å². The number of nitrogens with one attached hydrogen (secondary N) is 1. The van der Waals surface area contributed by atoms with Crippen LogP contribution in [0.25, 0.3) is 22.3 Å². The average Bonchev–Trinajstić information content (AvgIpc) is 2.78. The molecule has 3 aromatic carbocycles. The molecule has 0 bridgehead atoms.